The van der Waals surface area contributed by atoms with E-state index in [1.807, 2.05) is 23.9 Å². The van der Waals surface area contributed by atoms with E-state index in [1.54, 1.807) is 11.8 Å². The fraction of sp³-hybridized carbons (Fsp3) is 0.429. The van der Waals surface area contributed by atoms with Gasteiger partial charge in [0.15, 0.2) is 0 Å². The molecule has 1 aliphatic heterocycles. The number of carbonyl (C=O) groups excluding carboxylic acids is 1. The summed E-state index contributed by atoms with van der Waals surface area (Å²) in [5.74, 6) is 0.0149. The zero-order valence-electron chi connectivity index (χ0n) is 11.2. The lowest BCUT2D eigenvalue weighted by Gasteiger charge is -2.14. The SMILES string of the molecule is CC(=O)NC(CSCC1Cc2ccccc2S1)C(=O)O. The van der Waals surface area contributed by atoms with E-state index in [-0.39, 0.29) is 5.91 Å². The number of amides is 1. The first-order chi connectivity index (χ1) is 9.56. The van der Waals surface area contributed by atoms with Crippen molar-refractivity contribution in [3.8, 4) is 0 Å². The molecule has 2 atom stereocenters. The lowest BCUT2D eigenvalue weighted by molar-refractivity contribution is -0.140. The van der Waals surface area contributed by atoms with Crippen LogP contribution in [0.5, 0.6) is 0 Å². The second kappa shape index (κ2) is 7.04. The summed E-state index contributed by atoms with van der Waals surface area (Å²) in [6.45, 7) is 1.34. The number of fused-ring (bicyclic) bond motifs is 1. The minimum absolute atomic E-state index is 0.305. The van der Waals surface area contributed by atoms with Gasteiger partial charge in [0.2, 0.25) is 5.91 Å². The molecular weight excluding hydrogens is 294 g/mol. The summed E-state index contributed by atoms with van der Waals surface area (Å²) in [6, 6.07) is 7.56. The Bertz CT molecular complexity index is 482. The molecule has 0 spiro atoms. The van der Waals surface area contributed by atoms with Crippen molar-refractivity contribution in [2.75, 3.05) is 11.5 Å². The molecule has 2 N–H and O–H groups in total. The van der Waals surface area contributed by atoms with Gasteiger partial charge in [0.1, 0.15) is 6.04 Å². The Hall–Kier alpha value is -1.14. The molecule has 0 bridgehead atoms. The molecule has 0 radical (unpaired) electrons. The van der Waals surface area contributed by atoms with E-state index in [2.05, 4.69) is 17.4 Å². The number of thioether (sulfide) groups is 2. The first-order valence-electron chi connectivity index (χ1n) is 6.38. The van der Waals surface area contributed by atoms with Crippen molar-refractivity contribution >= 4 is 35.4 Å². The first kappa shape index (κ1) is 15.3. The fourth-order valence-corrected chi connectivity index (χ4v) is 4.71. The highest BCUT2D eigenvalue weighted by Gasteiger charge is 2.23. The molecule has 0 aliphatic carbocycles. The summed E-state index contributed by atoms with van der Waals surface area (Å²) < 4.78 is 0. The third-order valence-corrected chi connectivity index (χ3v) is 5.71. The molecule has 1 aromatic rings. The molecule has 1 heterocycles. The number of aliphatic carboxylic acids is 1. The standard InChI is InChI=1S/C14H17NO3S2/c1-9(16)15-12(14(17)18)8-19-7-11-6-10-4-2-3-5-13(10)20-11/h2-5,11-12H,6-8H2,1H3,(H,15,16)(H,17,18). The van der Waals surface area contributed by atoms with Crippen LogP contribution in [0.4, 0.5) is 0 Å². The minimum Gasteiger partial charge on any atom is -0.480 e. The van der Waals surface area contributed by atoms with Crippen molar-refractivity contribution in [1.29, 1.82) is 0 Å². The Balaban J connectivity index is 1.77. The predicted octanol–water partition coefficient (Wildman–Crippen LogP) is 2.03. The average Bonchev–Trinajstić information content (AvgIpc) is 2.79. The maximum Gasteiger partial charge on any atom is 0.327 e. The maximum atomic E-state index is 11.0. The quantitative estimate of drug-likeness (QED) is 0.841. The van der Waals surface area contributed by atoms with Crippen LogP contribution < -0.4 is 5.32 Å². The van der Waals surface area contributed by atoms with Gasteiger partial charge in [-0.2, -0.15) is 11.8 Å². The molecule has 6 heteroatoms. The lowest BCUT2D eigenvalue weighted by Crippen LogP contribution is -2.41. The summed E-state index contributed by atoms with van der Waals surface area (Å²) in [5, 5.41) is 12.0. The Kier molecular flexibility index (Phi) is 5.37. The number of benzene rings is 1. The second-order valence-corrected chi connectivity index (χ2v) is 7.10. The fourth-order valence-electron chi connectivity index (χ4n) is 2.08. The summed E-state index contributed by atoms with van der Waals surface area (Å²) >= 11 is 3.44. The van der Waals surface area contributed by atoms with Gasteiger partial charge >= 0.3 is 5.97 Å². The number of hydrogen-bond donors (Lipinski definition) is 2. The van der Waals surface area contributed by atoms with E-state index >= 15 is 0 Å². The Morgan fingerprint density at radius 2 is 2.25 bits per heavy atom. The number of carboxylic acid groups (broad SMARTS) is 1. The van der Waals surface area contributed by atoms with Crippen LogP contribution in [-0.4, -0.2) is 39.8 Å². The van der Waals surface area contributed by atoms with Crippen molar-refractivity contribution in [3.05, 3.63) is 29.8 Å². The normalized spacial score (nSPS) is 18.4. The smallest absolute Gasteiger partial charge is 0.327 e. The van der Waals surface area contributed by atoms with Crippen molar-refractivity contribution < 1.29 is 14.7 Å². The third-order valence-electron chi connectivity index (χ3n) is 2.98. The zero-order chi connectivity index (χ0) is 14.5. The van der Waals surface area contributed by atoms with Gasteiger partial charge in [-0.1, -0.05) is 18.2 Å². The summed E-state index contributed by atoms with van der Waals surface area (Å²) in [7, 11) is 0. The van der Waals surface area contributed by atoms with Crippen molar-refractivity contribution in [2.45, 2.75) is 29.5 Å². The first-order valence-corrected chi connectivity index (χ1v) is 8.42. The highest BCUT2D eigenvalue weighted by molar-refractivity contribution is 8.03. The molecule has 1 aliphatic rings. The van der Waals surface area contributed by atoms with E-state index in [0.29, 0.717) is 11.0 Å². The Morgan fingerprint density at radius 3 is 2.90 bits per heavy atom. The van der Waals surface area contributed by atoms with Crippen LogP contribution >= 0.6 is 23.5 Å². The van der Waals surface area contributed by atoms with Crippen molar-refractivity contribution in [3.63, 3.8) is 0 Å². The largest absolute Gasteiger partial charge is 0.480 e. The van der Waals surface area contributed by atoms with Crippen molar-refractivity contribution in [2.24, 2.45) is 0 Å². The predicted molar refractivity (Wildman–Crippen MR) is 82.4 cm³/mol. The summed E-state index contributed by atoms with van der Waals surface area (Å²) in [5.41, 5.74) is 1.37. The van der Waals surface area contributed by atoms with Gasteiger partial charge in [-0.15, -0.1) is 11.8 Å². The van der Waals surface area contributed by atoms with Crippen LogP contribution in [0.3, 0.4) is 0 Å². The molecule has 108 valence electrons. The molecule has 4 nitrogen and oxygen atoms in total. The van der Waals surface area contributed by atoms with Gasteiger partial charge < -0.3 is 10.4 Å². The second-order valence-electron chi connectivity index (χ2n) is 4.68. The van der Waals surface area contributed by atoms with Crippen LogP contribution in [0.25, 0.3) is 0 Å². The van der Waals surface area contributed by atoms with E-state index < -0.39 is 12.0 Å². The van der Waals surface area contributed by atoms with Crippen LogP contribution in [0.15, 0.2) is 29.2 Å². The van der Waals surface area contributed by atoms with Gasteiger partial charge in [0.05, 0.1) is 0 Å². The van der Waals surface area contributed by atoms with Gasteiger partial charge in [-0.05, 0) is 18.1 Å². The van der Waals surface area contributed by atoms with Gasteiger partial charge in [-0.3, -0.25) is 4.79 Å². The van der Waals surface area contributed by atoms with Gasteiger partial charge in [0.25, 0.3) is 0 Å². The van der Waals surface area contributed by atoms with Crippen molar-refractivity contribution in [1.82, 2.24) is 5.32 Å². The van der Waals surface area contributed by atoms with Crippen LogP contribution in [0.1, 0.15) is 12.5 Å². The Labute approximate surface area is 126 Å². The summed E-state index contributed by atoms with van der Waals surface area (Å²) in [6.07, 6.45) is 1.03. The monoisotopic (exact) mass is 311 g/mol. The molecule has 1 aromatic carbocycles. The molecule has 0 fully saturated rings. The van der Waals surface area contributed by atoms with Crippen LogP contribution in [0.2, 0.25) is 0 Å². The van der Waals surface area contributed by atoms with Crippen LogP contribution in [0, 0.1) is 0 Å². The highest BCUT2D eigenvalue weighted by atomic mass is 32.2. The molecule has 0 saturated carbocycles. The maximum absolute atomic E-state index is 11.0. The molecule has 1 amide bonds. The van der Waals surface area contributed by atoms with E-state index in [4.69, 9.17) is 5.11 Å². The van der Waals surface area contributed by atoms with Gasteiger partial charge in [-0.25, -0.2) is 4.79 Å². The molecule has 2 unspecified atom stereocenters. The molecule has 0 saturated heterocycles. The number of carboxylic acids is 1. The number of rotatable bonds is 6. The Morgan fingerprint density at radius 1 is 1.50 bits per heavy atom. The molecule has 2 rings (SSSR count). The van der Waals surface area contributed by atoms with Crippen LogP contribution in [-0.2, 0) is 16.0 Å². The number of nitrogens with one attached hydrogen (secondary N) is 1. The summed E-state index contributed by atoms with van der Waals surface area (Å²) in [4.78, 5) is 23.3. The number of carbonyl (C=O) groups is 2. The number of hydrogen-bond acceptors (Lipinski definition) is 4. The zero-order valence-corrected chi connectivity index (χ0v) is 12.8. The molecule has 0 aromatic heterocycles. The van der Waals surface area contributed by atoms with E-state index in [9.17, 15) is 9.59 Å². The third kappa shape index (κ3) is 4.18. The topological polar surface area (TPSA) is 66.4 Å². The van der Waals surface area contributed by atoms with E-state index in [0.717, 1.165) is 12.2 Å². The van der Waals surface area contributed by atoms with E-state index in [1.165, 1.54) is 17.4 Å². The van der Waals surface area contributed by atoms with Gasteiger partial charge in [0, 0.05) is 28.6 Å². The molecular formula is C14H17NO3S2. The average molecular weight is 311 g/mol. The lowest BCUT2D eigenvalue weighted by atomic mass is 10.1. The minimum atomic E-state index is -0.977. The molecule has 20 heavy (non-hydrogen) atoms. The highest BCUT2D eigenvalue weighted by Crippen LogP contribution is 2.38.